The number of anilines is 1. The number of carbonyl (C=O) groups is 1. The Bertz CT molecular complexity index is 748. The van der Waals surface area contributed by atoms with E-state index in [4.69, 9.17) is 17.0 Å². The van der Waals surface area contributed by atoms with Gasteiger partial charge in [-0.2, -0.15) is 0 Å². The van der Waals surface area contributed by atoms with Gasteiger partial charge in [0.05, 0.1) is 6.61 Å². The summed E-state index contributed by atoms with van der Waals surface area (Å²) in [6.07, 6.45) is 0.990. The number of halogens is 1. The summed E-state index contributed by atoms with van der Waals surface area (Å²) in [5, 5.41) is 6.07. The van der Waals surface area contributed by atoms with Crippen molar-refractivity contribution in [2.45, 2.75) is 26.7 Å². The van der Waals surface area contributed by atoms with E-state index in [2.05, 4.69) is 39.3 Å². The Hall–Kier alpha value is -1.67. The maximum absolute atomic E-state index is 11.9. The topological polar surface area (TPSA) is 50.4 Å². The van der Waals surface area contributed by atoms with Gasteiger partial charge in [0.25, 0.3) is 0 Å². The largest absolute Gasteiger partial charge is 0.494 e. The van der Waals surface area contributed by atoms with Gasteiger partial charge in [0.15, 0.2) is 5.11 Å². The van der Waals surface area contributed by atoms with Gasteiger partial charge < -0.3 is 15.4 Å². The van der Waals surface area contributed by atoms with Gasteiger partial charge in [-0.3, -0.25) is 4.79 Å². The molecule has 25 heavy (non-hydrogen) atoms. The van der Waals surface area contributed by atoms with E-state index in [9.17, 15) is 4.79 Å². The quantitative estimate of drug-likeness (QED) is 0.370. The first-order valence-electron chi connectivity index (χ1n) is 8.00. The Morgan fingerprint density at radius 3 is 2.56 bits per heavy atom. The van der Waals surface area contributed by atoms with Crippen LogP contribution in [0.2, 0.25) is 0 Å². The molecule has 2 rings (SSSR count). The van der Waals surface area contributed by atoms with E-state index in [1.165, 1.54) is 5.56 Å². The minimum Gasteiger partial charge on any atom is -0.494 e. The smallest absolute Gasteiger partial charge is 0.226 e. The van der Waals surface area contributed by atoms with E-state index in [1.54, 1.807) is 0 Å². The molecule has 0 spiro atoms. The molecule has 0 radical (unpaired) electrons. The summed E-state index contributed by atoms with van der Waals surface area (Å²) in [4.78, 5) is 11.9. The van der Waals surface area contributed by atoms with Crippen LogP contribution in [-0.4, -0.2) is 17.6 Å². The number of hydrogen-bond donors (Lipinski definition) is 2. The second-order valence-corrected chi connectivity index (χ2v) is 7.38. The number of nitrogens with one attached hydrogen (secondary N) is 2. The fourth-order valence-electron chi connectivity index (χ4n) is 2.17. The summed E-state index contributed by atoms with van der Waals surface area (Å²) >= 11 is 7.45. The molecule has 0 saturated carbocycles. The highest BCUT2D eigenvalue weighted by molar-refractivity contribution is 14.1. The molecule has 0 bridgehead atoms. The molecule has 2 aromatic rings. The van der Waals surface area contributed by atoms with Crippen LogP contribution in [0.5, 0.6) is 5.75 Å². The number of aryl methyl sites for hydroxylation is 2. The number of hydrogen-bond acceptors (Lipinski definition) is 3. The maximum Gasteiger partial charge on any atom is 0.226 e. The zero-order chi connectivity index (χ0) is 18.2. The SMILES string of the molecule is Cc1ccc(OCCCC(=O)NC(=S)Nc2ccc(I)cc2C)cc1. The second-order valence-electron chi connectivity index (χ2n) is 5.73. The number of rotatable bonds is 6. The number of amides is 1. The summed E-state index contributed by atoms with van der Waals surface area (Å²) in [5.41, 5.74) is 3.17. The fraction of sp³-hybridized carbons (Fsp3) is 0.263. The van der Waals surface area contributed by atoms with Crippen molar-refractivity contribution < 1.29 is 9.53 Å². The zero-order valence-electron chi connectivity index (χ0n) is 14.3. The normalized spacial score (nSPS) is 10.2. The highest BCUT2D eigenvalue weighted by Gasteiger charge is 2.06. The maximum atomic E-state index is 11.9. The van der Waals surface area contributed by atoms with Gasteiger partial charge in [-0.05, 0) is 91.0 Å². The van der Waals surface area contributed by atoms with Crippen LogP contribution in [0.4, 0.5) is 5.69 Å². The Labute approximate surface area is 167 Å². The van der Waals surface area contributed by atoms with Gasteiger partial charge in [0.2, 0.25) is 5.91 Å². The monoisotopic (exact) mass is 468 g/mol. The number of benzene rings is 2. The molecule has 132 valence electrons. The summed E-state index contributed by atoms with van der Waals surface area (Å²) in [6.45, 7) is 4.52. The molecule has 0 aliphatic rings. The molecule has 2 N–H and O–H groups in total. The van der Waals surface area contributed by atoms with Gasteiger partial charge in [-0.1, -0.05) is 17.7 Å². The first-order chi connectivity index (χ1) is 11.9. The van der Waals surface area contributed by atoms with Crippen LogP contribution < -0.4 is 15.4 Å². The summed E-state index contributed by atoms with van der Waals surface area (Å²) < 4.78 is 6.77. The van der Waals surface area contributed by atoms with E-state index in [0.717, 1.165) is 20.6 Å². The molecule has 6 heteroatoms. The molecule has 0 saturated heterocycles. The van der Waals surface area contributed by atoms with Crippen LogP contribution in [0.15, 0.2) is 42.5 Å². The third-order valence-corrected chi connectivity index (χ3v) is 4.40. The van der Waals surface area contributed by atoms with Crippen LogP contribution in [-0.2, 0) is 4.79 Å². The van der Waals surface area contributed by atoms with Crippen molar-refractivity contribution in [3.63, 3.8) is 0 Å². The van der Waals surface area contributed by atoms with E-state index < -0.39 is 0 Å². The number of carbonyl (C=O) groups excluding carboxylic acids is 1. The van der Waals surface area contributed by atoms with E-state index in [0.29, 0.717) is 24.6 Å². The molecule has 0 aliphatic heterocycles. The summed E-state index contributed by atoms with van der Waals surface area (Å²) in [7, 11) is 0. The molecule has 2 aromatic carbocycles. The fourth-order valence-corrected chi connectivity index (χ4v) is 3.04. The third-order valence-electron chi connectivity index (χ3n) is 3.53. The van der Waals surface area contributed by atoms with Crippen LogP contribution in [0.25, 0.3) is 0 Å². The Balaban J connectivity index is 1.69. The highest BCUT2D eigenvalue weighted by atomic mass is 127. The van der Waals surface area contributed by atoms with E-state index in [1.807, 2.05) is 50.2 Å². The summed E-state index contributed by atoms with van der Waals surface area (Å²) in [6, 6.07) is 13.8. The van der Waals surface area contributed by atoms with Crippen molar-refractivity contribution in [1.82, 2.24) is 5.32 Å². The third kappa shape index (κ3) is 6.99. The van der Waals surface area contributed by atoms with E-state index in [-0.39, 0.29) is 5.91 Å². The molecular formula is C19H21IN2O2S. The minimum absolute atomic E-state index is 0.117. The van der Waals surface area contributed by atoms with E-state index >= 15 is 0 Å². The van der Waals surface area contributed by atoms with Gasteiger partial charge in [0.1, 0.15) is 5.75 Å². The lowest BCUT2D eigenvalue weighted by atomic mass is 10.2. The van der Waals surface area contributed by atoms with Gasteiger partial charge in [-0.15, -0.1) is 0 Å². The molecule has 0 heterocycles. The Morgan fingerprint density at radius 2 is 1.88 bits per heavy atom. The zero-order valence-corrected chi connectivity index (χ0v) is 17.2. The average Bonchev–Trinajstić information content (AvgIpc) is 2.56. The van der Waals surface area contributed by atoms with Crippen molar-refractivity contribution in [3.8, 4) is 5.75 Å². The predicted octanol–water partition coefficient (Wildman–Crippen LogP) is 4.58. The molecule has 4 nitrogen and oxygen atoms in total. The molecule has 1 amide bonds. The lowest BCUT2D eigenvalue weighted by molar-refractivity contribution is -0.119. The van der Waals surface area contributed by atoms with Gasteiger partial charge in [0, 0.05) is 15.7 Å². The molecule has 0 aromatic heterocycles. The van der Waals surface area contributed by atoms with Crippen molar-refractivity contribution in [1.29, 1.82) is 0 Å². The van der Waals surface area contributed by atoms with Crippen LogP contribution in [0, 0.1) is 17.4 Å². The predicted molar refractivity (Wildman–Crippen MR) is 114 cm³/mol. The Kier molecular flexibility index (Phi) is 7.64. The van der Waals surface area contributed by atoms with Crippen molar-refractivity contribution in [2.75, 3.05) is 11.9 Å². The van der Waals surface area contributed by atoms with Crippen molar-refractivity contribution in [3.05, 3.63) is 57.2 Å². The minimum atomic E-state index is -0.117. The molecule has 0 atom stereocenters. The number of thiocarbonyl (C=S) groups is 1. The lowest BCUT2D eigenvalue weighted by Gasteiger charge is -2.12. The number of ether oxygens (including phenoxy) is 1. The molecule has 0 aliphatic carbocycles. The highest BCUT2D eigenvalue weighted by Crippen LogP contribution is 2.17. The lowest BCUT2D eigenvalue weighted by Crippen LogP contribution is -2.34. The van der Waals surface area contributed by atoms with Crippen LogP contribution in [0.1, 0.15) is 24.0 Å². The van der Waals surface area contributed by atoms with Gasteiger partial charge >= 0.3 is 0 Å². The standard InChI is InChI=1S/C19H21IN2O2S/c1-13-5-8-16(9-6-13)24-11-3-4-18(23)22-19(25)21-17-10-7-15(20)12-14(17)2/h5-10,12H,3-4,11H2,1-2H3,(H2,21,22,23,25). The first-order valence-corrected chi connectivity index (χ1v) is 9.49. The molecular weight excluding hydrogens is 447 g/mol. The van der Waals surface area contributed by atoms with Crippen LogP contribution >= 0.6 is 34.8 Å². The van der Waals surface area contributed by atoms with Crippen LogP contribution in [0.3, 0.4) is 0 Å². The molecule has 0 unspecified atom stereocenters. The van der Waals surface area contributed by atoms with Gasteiger partial charge in [-0.25, -0.2) is 0 Å². The van der Waals surface area contributed by atoms with Crippen molar-refractivity contribution in [2.24, 2.45) is 0 Å². The second kappa shape index (κ2) is 9.72. The van der Waals surface area contributed by atoms with Crippen molar-refractivity contribution >= 4 is 51.5 Å². The molecule has 0 fully saturated rings. The Morgan fingerprint density at radius 1 is 1.16 bits per heavy atom. The first kappa shape index (κ1) is 19.7. The summed E-state index contributed by atoms with van der Waals surface area (Å²) in [5.74, 6) is 0.700. The average molecular weight is 468 g/mol.